The monoisotopic (exact) mass is 265 g/mol. The Morgan fingerprint density at radius 1 is 1.42 bits per heavy atom. The van der Waals surface area contributed by atoms with E-state index in [4.69, 9.17) is 10.6 Å². The number of hydrogen-bond acceptors (Lipinski definition) is 4. The first-order valence-corrected chi connectivity index (χ1v) is 6.34. The molecule has 0 radical (unpaired) electrons. The molecule has 0 aliphatic rings. The summed E-state index contributed by atoms with van der Waals surface area (Å²) in [6.07, 6.45) is 0. The first-order chi connectivity index (χ1) is 9.10. The van der Waals surface area contributed by atoms with Gasteiger partial charge in [0.25, 0.3) is 0 Å². The molecule has 5 heteroatoms. The van der Waals surface area contributed by atoms with Crippen LogP contribution in [-0.4, -0.2) is 44.2 Å². The average molecular weight is 265 g/mol. The Kier molecular flexibility index (Phi) is 6.49. The molecule has 5 nitrogen and oxygen atoms in total. The van der Waals surface area contributed by atoms with Gasteiger partial charge in [0.05, 0.1) is 12.5 Å². The number of carbonyl (C=O) groups excluding carboxylic acids is 1. The number of nitrogens with two attached hydrogens (primary N) is 1. The lowest BCUT2D eigenvalue weighted by Gasteiger charge is -2.28. The van der Waals surface area contributed by atoms with Gasteiger partial charge in [-0.2, -0.15) is 0 Å². The molecule has 0 saturated heterocycles. The fourth-order valence-corrected chi connectivity index (χ4v) is 1.96. The topological polar surface area (TPSA) is 67.6 Å². The SMILES string of the molecule is COCC(C)N(C)CC(C(=O)NN)c1ccccc1. The van der Waals surface area contributed by atoms with Crippen molar-refractivity contribution in [2.75, 3.05) is 27.3 Å². The molecule has 0 aliphatic carbocycles. The summed E-state index contributed by atoms with van der Waals surface area (Å²) in [5.41, 5.74) is 3.20. The van der Waals surface area contributed by atoms with Gasteiger partial charge in [0.2, 0.25) is 5.91 Å². The van der Waals surface area contributed by atoms with Crippen molar-refractivity contribution >= 4 is 5.91 Å². The maximum Gasteiger partial charge on any atom is 0.242 e. The van der Waals surface area contributed by atoms with Crippen LogP contribution >= 0.6 is 0 Å². The minimum absolute atomic E-state index is 0.178. The molecule has 0 heterocycles. The van der Waals surface area contributed by atoms with Crippen molar-refractivity contribution in [3.05, 3.63) is 35.9 Å². The normalized spacial score (nSPS) is 14.2. The van der Waals surface area contributed by atoms with Crippen LogP contribution in [0.15, 0.2) is 30.3 Å². The molecule has 106 valence electrons. The van der Waals surface area contributed by atoms with Crippen molar-refractivity contribution in [1.82, 2.24) is 10.3 Å². The van der Waals surface area contributed by atoms with E-state index in [1.165, 1.54) is 0 Å². The molecule has 0 saturated carbocycles. The smallest absolute Gasteiger partial charge is 0.242 e. The number of methoxy groups -OCH3 is 1. The molecule has 1 aromatic carbocycles. The van der Waals surface area contributed by atoms with E-state index in [0.717, 1.165) is 5.56 Å². The quantitative estimate of drug-likeness (QED) is 0.433. The van der Waals surface area contributed by atoms with Gasteiger partial charge < -0.3 is 9.64 Å². The van der Waals surface area contributed by atoms with Crippen molar-refractivity contribution in [3.8, 4) is 0 Å². The molecule has 3 N–H and O–H groups in total. The number of hydrogen-bond donors (Lipinski definition) is 2. The molecule has 1 rings (SSSR count). The number of nitrogens with zero attached hydrogens (tertiary/aromatic N) is 1. The highest BCUT2D eigenvalue weighted by atomic mass is 16.5. The highest BCUT2D eigenvalue weighted by molar-refractivity contribution is 5.83. The summed E-state index contributed by atoms with van der Waals surface area (Å²) in [6, 6.07) is 9.89. The second kappa shape index (κ2) is 7.89. The van der Waals surface area contributed by atoms with Crippen LogP contribution in [0.4, 0.5) is 0 Å². The number of nitrogens with one attached hydrogen (secondary N) is 1. The van der Waals surface area contributed by atoms with Crippen LogP contribution in [0.25, 0.3) is 0 Å². The van der Waals surface area contributed by atoms with E-state index in [9.17, 15) is 4.79 Å². The molecule has 0 aromatic heterocycles. The maximum atomic E-state index is 11.9. The summed E-state index contributed by atoms with van der Waals surface area (Å²) in [5, 5.41) is 0. The molecule has 0 fully saturated rings. The van der Waals surface area contributed by atoms with Crippen LogP contribution in [0, 0.1) is 0 Å². The zero-order valence-electron chi connectivity index (χ0n) is 11.8. The van der Waals surface area contributed by atoms with E-state index < -0.39 is 0 Å². The van der Waals surface area contributed by atoms with Crippen LogP contribution in [0.2, 0.25) is 0 Å². The first-order valence-electron chi connectivity index (χ1n) is 6.34. The summed E-state index contributed by atoms with van der Waals surface area (Å²) < 4.78 is 5.13. The van der Waals surface area contributed by atoms with Gasteiger partial charge in [0, 0.05) is 19.7 Å². The Bertz CT molecular complexity index is 384. The predicted octanol–water partition coefficient (Wildman–Crippen LogP) is 0.727. The van der Waals surface area contributed by atoms with Crippen molar-refractivity contribution in [2.45, 2.75) is 18.9 Å². The number of ether oxygens (including phenoxy) is 1. The summed E-state index contributed by atoms with van der Waals surface area (Å²) in [7, 11) is 3.65. The number of carbonyl (C=O) groups is 1. The van der Waals surface area contributed by atoms with Crippen LogP contribution < -0.4 is 11.3 Å². The van der Waals surface area contributed by atoms with Crippen molar-refractivity contribution in [2.24, 2.45) is 5.84 Å². The van der Waals surface area contributed by atoms with Gasteiger partial charge in [-0.15, -0.1) is 0 Å². The molecule has 1 amide bonds. The zero-order chi connectivity index (χ0) is 14.3. The van der Waals surface area contributed by atoms with Crippen LogP contribution in [0.5, 0.6) is 0 Å². The Morgan fingerprint density at radius 3 is 2.58 bits per heavy atom. The Labute approximate surface area is 114 Å². The molecular formula is C14H23N3O2. The lowest BCUT2D eigenvalue weighted by molar-refractivity contribution is -0.123. The molecule has 2 unspecified atom stereocenters. The van der Waals surface area contributed by atoms with E-state index in [-0.39, 0.29) is 17.9 Å². The lowest BCUT2D eigenvalue weighted by Crippen LogP contribution is -2.42. The van der Waals surface area contributed by atoms with Gasteiger partial charge in [0.15, 0.2) is 0 Å². The van der Waals surface area contributed by atoms with E-state index in [2.05, 4.69) is 17.2 Å². The Balaban J connectivity index is 2.79. The van der Waals surface area contributed by atoms with Crippen LogP contribution in [0.1, 0.15) is 18.4 Å². The van der Waals surface area contributed by atoms with E-state index in [0.29, 0.717) is 13.2 Å². The molecule has 0 bridgehead atoms. The van der Waals surface area contributed by atoms with E-state index in [1.807, 2.05) is 37.4 Å². The summed E-state index contributed by atoms with van der Waals surface area (Å²) in [6.45, 7) is 3.28. The molecule has 0 aliphatic heterocycles. The Hall–Kier alpha value is -1.43. The standard InChI is InChI=1S/C14H23N3O2/c1-11(10-19-3)17(2)9-13(14(18)16-15)12-7-5-4-6-8-12/h4-8,11,13H,9-10,15H2,1-3H3,(H,16,18). The lowest BCUT2D eigenvalue weighted by atomic mass is 9.97. The number of benzene rings is 1. The van der Waals surface area contributed by atoms with Gasteiger partial charge in [-0.3, -0.25) is 10.2 Å². The molecular weight excluding hydrogens is 242 g/mol. The van der Waals surface area contributed by atoms with Gasteiger partial charge in [-0.05, 0) is 19.5 Å². The van der Waals surface area contributed by atoms with Crippen molar-refractivity contribution in [3.63, 3.8) is 0 Å². The molecule has 0 spiro atoms. The summed E-state index contributed by atoms with van der Waals surface area (Å²) in [5.74, 6) is 4.82. The summed E-state index contributed by atoms with van der Waals surface area (Å²) >= 11 is 0. The zero-order valence-corrected chi connectivity index (χ0v) is 11.8. The molecule has 19 heavy (non-hydrogen) atoms. The average Bonchev–Trinajstić information content (AvgIpc) is 2.44. The number of hydrazine groups is 1. The number of rotatable bonds is 7. The first kappa shape index (κ1) is 15.6. The van der Waals surface area contributed by atoms with E-state index >= 15 is 0 Å². The second-order valence-corrected chi connectivity index (χ2v) is 4.72. The third-order valence-corrected chi connectivity index (χ3v) is 3.29. The van der Waals surface area contributed by atoms with Crippen molar-refractivity contribution in [1.29, 1.82) is 0 Å². The van der Waals surface area contributed by atoms with Gasteiger partial charge >= 0.3 is 0 Å². The number of likely N-dealkylation sites (N-methyl/N-ethyl adjacent to an activating group) is 1. The number of amides is 1. The van der Waals surface area contributed by atoms with Crippen LogP contribution in [0.3, 0.4) is 0 Å². The Morgan fingerprint density at radius 2 is 2.05 bits per heavy atom. The largest absolute Gasteiger partial charge is 0.383 e. The minimum atomic E-state index is -0.282. The second-order valence-electron chi connectivity index (χ2n) is 4.72. The maximum absolute atomic E-state index is 11.9. The fraction of sp³-hybridized carbons (Fsp3) is 0.500. The molecule has 1 aromatic rings. The van der Waals surface area contributed by atoms with Crippen LogP contribution in [-0.2, 0) is 9.53 Å². The van der Waals surface area contributed by atoms with Gasteiger partial charge in [-0.1, -0.05) is 30.3 Å². The highest BCUT2D eigenvalue weighted by Gasteiger charge is 2.23. The predicted molar refractivity (Wildman–Crippen MR) is 75.5 cm³/mol. The van der Waals surface area contributed by atoms with Gasteiger partial charge in [0.1, 0.15) is 0 Å². The van der Waals surface area contributed by atoms with E-state index in [1.54, 1.807) is 7.11 Å². The summed E-state index contributed by atoms with van der Waals surface area (Å²) in [4.78, 5) is 14.0. The van der Waals surface area contributed by atoms with Crippen molar-refractivity contribution < 1.29 is 9.53 Å². The molecule has 2 atom stereocenters. The third-order valence-electron chi connectivity index (χ3n) is 3.29. The third kappa shape index (κ3) is 4.63. The van der Waals surface area contributed by atoms with Gasteiger partial charge in [-0.25, -0.2) is 5.84 Å². The minimum Gasteiger partial charge on any atom is -0.383 e. The highest BCUT2D eigenvalue weighted by Crippen LogP contribution is 2.17. The fourth-order valence-electron chi connectivity index (χ4n) is 1.96.